The fourth-order valence-electron chi connectivity index (χ4n) is 3.18. The van der Waals surface area contributed by atoms with Crippen LogP contribution in [0.3, 0.4) is 0 Å². The molecule has 35 heavy (non-hydrogen) atoms. The summed E-state index contributed by atoms with van der Waals surface area (Å²) in [4.78, 5) is 4.45. The van der Waals surface area contributed by atoms with Crippen LogP contribution in [0.4, 0.5) is 18.9 Å². The van der Waals surface area contributed by atoms with Crippen molar-refractivity contribution in [3.8, 4) is 5.75 Å². The Morgan fingerprint density at radius 3 is 2.46 bits per heavy atom. The third kappa shape index (κ3) is 7.18. The second-order valence-corrected chi connectivity index (χ2v) is 7.80. The predicted octanol–water partition coefficient (Wildman–Crippen LogP) is 4.31. The van der Waals surface area contributed by atoms with Crippen LogP contribution in [0.1, 0.15) is 16.7 Å². The second-order valence-electron chi connectivity index (χ2n) is 7.39. The van der Waals surface area contributed by atoms with Gasteiger partial charge in [-0.25, -0.2) is 4.99 Å². The van der Waals surface area contributed by atoms with Crippen molar-refractivity contribution in [1.29, 1.82) is 0 Å². The number of nitrogens with zero attached hydrogens (tertiary/aromatic N) is 3. The maximum atomic E-state index is 12.3. The van der Waals surface area contributed by atoms with Gasteiger partial charge in [0.05, 0.1) is 11.9 Å². The number of benzene rings is 3. The van der Waals surface area contributed by atoms with E-state index in [2.05, 4.69) is 31.0 Å². The molecule has 0 aliphatic carbocycles. The molecule has 0 aromatic heterocycles. The Morgan fingerprint density at radius 1 is 1.06 bits per heavy atom. The van der Waals surface area contributed by atoms with Crippen molar-refractivity contribution in [3.63, 3.8) is 0 Å². The molecule has 0 radical (unpaired) electrons. The fourth-order valence-corrected chi connectivity index (χ4v) is 3.30. The van der Waals surface area contributed by atoms with Gasteiger partial charge in [-0.3, -0.25) is 15.9 Å². The fraction of sp³-hybridized carbons (Fsp3) is 0.125. The molecule has 3 N–H and O–H groups in total. The molecule has 0 amide bonds. The lowest BCUT2D eigenvalue weighted by molar-refractivity contribution is -0.274. The number of hydrazine groups is 1. The third-order valence-electron chi connectivity index (χ3n) is 4.85. The van der Waals surface area contributed by atoms with Crippen molar-refractivity contribution in [2.75, 3.05) is 11.7 Å². The van der Waals surface area contributed by atoms with Crippen molar-refractivity contribution in [2.24, 2.45) is 10.1 Å². The number of thiocarbonyl (C=S) groups is 1. The van der Waals surface area contributed by atoms with Crippen LogP contribution in [0.2, 0.25) is 0 Å². The number of hydrogen-bond donors (Lipinski definition) is 3. The number of alkyl halides is 3. The number of anilines is 1. The van der Waals surface area contributed by atoms with E-state index in [4.69, 9.17) is 12.2 Å². The van der Waals surface area contributed by atoms with Gasteiger partial charge in [-0.15, -0.1) is 13.2 Å². The van der Waals surface area contributed by atoms with E-state index in [-0.39, 0.29) is 5.75 Å². The van der Waals surface area contributed by atoms with E-state index in [1.807, 2.05) is 54.6 Å². The first-order valence-corrected chi connectivity index (χ1v) is 10.9. The Labute approximate surface area is 205 Å². The zero-order valence-corrected chi connectivity index (χ0v) is 19.1. The van der Waals surface area contributed by atoms with Gasteiger partial charge in [-0.05, 0) is 47.6 Å². The summed E-state index contributed by atoms with van der Waals surface area (Å²) in [6, 6.07) is 23.0. The highest BCUT2D eigenvalue weighted by molar-refractivity contribution is 7.80. The number of rotatable bonds is 7. The number of hydrogen-bond acceptors (Lipinski definition) is 6. The zero-order valence-electron chi connectivity index (χ0n) is 18.3. The average molecular weight is 499 g/mol. The van der Waals surface area contributed by atoms with Crippen LogP contribution in [0.25, 0.3) is 0 Å². The molecule has 0 saturated carbocycles. The Balaban J connectivity index is 1.25. The normalized spacial score (nSPS) is 13.3. The Bertz CT molecular complexity index is 1200. The highest BCUT2D eigenvalue weighted by Gasteiger charge is 2.31. The van der Waals surface area contributed by atoms with E-state index in [9.17, 15) is 13.2 Å². The minimum atomic E-state index is -4.72. The van der Waals surface area contributed by atoms with Gasteiger partial charge in [0.1, 0.15) is 18.3 Å². The first-order valence-electron chi connectivity index (χ1n) is 10.5. The quantitative estimate of drug-likeness (QED) is 0.256. The summed E-state index contributed by atoms with van der Waals surface area (Å²) >= 11 is 5.22. The minimum absolute atomic E-state index is 0.277. The molecule has 3 aromatic rings. The molecule has 180 valence electrons. The van der Waals surface area contributed by atoms with Crippen LogP contribution < -0.4 is 25.9 Å². The standard InChI is InChI=1S/C24H21F3N6OS/c25-24(26,27)34-21-12-10-20(11-13-21)33-16-29-22(32-33)19-8-6-18(7-9-19)15-30-31-23(35)28-14-17-4-2-1-3-5-17/h1-13,15H,14,16H2,(H,29,32)(H2,28,31,35)/b30-15+. The van der Waals surface area contributed by atoms with Crippen molar-refractivity contribution >= 4 is 35.1 Å². The Hall–Kier alpha value is -4.12. The number of amidine groups is 1. The Morgan fingerprint density at radius 2 is 1.77 bits per heavy atom. The second kappa shape index (κ2) is 10.9. The van der Waals surface area contributed by atoms with E-state index < -0.39 is 6.36 Å². The molecule has 0 saturated heterocycles. The molecule has 3 aromatic carbocycles. The lowest BCUT2D eigenvalue weighted by atomic mass is 10.1. The molecule has 0 atom stereocenters. The molecular formula is C24H21F3N6OS. The lowest BCUT2D eigenvalue weighted by Crippen LogP contribution is -2.36. The first kappa shape index (κ1) is 24.0. The van der Waals surface area contributed by atoms with E-state index in [1.54, 1.807) is 11.2 Å². The number of nitrogens with one attached hydrogen (secondary N) is 3. The van der Waals surface area contributed by atoms with Crippen LogP contribution in [-0.2, 0) is 6.54 Å². The number of aliphatic imine (C=N–C) groups is 1. The van der Waals surface area contributed by atoms with E-state index in [0.29, 0.717) is 29.8 Å². The van der Waals surface area contributed by atoms with E-state index in [1.165, 1.54) is 24.3 Å². The minimum Gasteiger partial charge on any atom is -0.406 e. The smallest absolute Gasteiger partial charge is 0.406 e. The summed E-state index contributed by atoms with van der Waals surface area (Å²) in [5, 5.41) is 9.37. The van der Waals surface area contributed by atoms with Crippen LogP contribution in [0, 0.1) is 0 Å². The van der Waals surface area contributed by atoms with Gasteiger partial charge >= 0.3 is 6.36 Å². The maximum Gasteiger partial charge on any atom is 0.573 e. The summed E-state index contributed by atoms with van der Waals surface area (Å²) < 4.78 is 40.9. The molecule has 11 heteroatoms. The first-order chi connectivity index (χ1) is 16.9. The van der Waals surface area contributed by atoms with Crippen LogP contribution >= 0.6 is 12.2 Å². The molecular weight excluding hydrogens is 477 g/mol. The van der Waals surface area contributed by atoms with Gasteiger partial charge in [0, 0.05) is 12.1 Å². The van der Waals surface area contributed by atoms with Gasteiger partial charge in [0.2, 0.25) is 0 Å². The SMILES string of the molecule is FC(F)(F)Oc1ccc(N2CN=C(c3ccc(/C=N/NC(=S)NCc4ccccc4)cc3)N2)cc1. The molecule has 1 aliphatic rings. The summed E-state index contributed by atoms with van der Waals surface area (Å²) in [5.74, 6) is 0.370. The molecule has 1 aliphatic heterocycles. The average Bonchev–Trinajstić information content (AvgIpc) is 3.34. The van der Waals surface area contributed by atoms with Crippen molar-refractivity contribution in [3.05, 3.63) is 95.6 Å². The number of ether oxygens (including phenoxy) is 1. The van der Waals surface area contributed by atoms with E-state index >= 15 is 0 Å². The number of halogens is 3. The molecule has 7 nitrogen and oxygen atoms in total. The lowest BCUT2D eigenvalue weighted by Gasteiger charge is -2.19. The van der Waals surface area contributed by atoms with Gasteiger partial charge in [0.15, 0.2) is 5.11 Å². The maximum absolute atomic E-state index is 12.3. The van der Waals surface area contributed by atoms with Gasteiger partial charge in [-0.2, -0.15) is 5.10 Å². The van der Waals surface area contributed by atoms with Crippen LogP contribution in [0.15, 0.2) is 89.0 Å². The molecule has 4 rings (SSSR count). The van der Waals surface area contributed by atoms with Gasteiger partial charge in [0.25, 0.3) is 0 Å². The summed E-state index contributed by atoms with van der Waals surface area (Å²) in [7, 11) is 0. The van der Waals surface area contributed by atoms with Crippen molar-refractivity contribution < 1.29 is 17.9 Å². The molecule has 0 unspecified atom stereocenters. The highest BCUT2D eigenvalue weighted by Crippen LogP contribution is 2.25. The van der Waals surface area contributed by atoms with Crippen LogP contribution in [-0.4, -0.2) is 30.2 Å². The topological polar surface area (TPSA) is 73.3 Å². The molecule has 1 heterocycles. The predicted molar refractivity (Wildman–Crippen MR) is 133 cm³/mol. The third-order valence-corrected chi connectivity index (χ3v) is 5.09. The summed E-state index contributed by atoms with van der Waals surface area (Å²) in [6.07, 6.45) is -3.07. The largest absolute Gasteiger partial charge is 0.573 e. The van der Waals surface area contributed by atoms with Crippen LogP contribution in [0.5, 0.6) is 5.75 Å². The highest BCUT2D eigenvalue weighted by atomic mass is 32.1. The Kier molecular flexibility index (Phi) is 7.46. The number of hydrazone groups is 1. The van der Waals surface area contributed by atoms with Crippen molar-refractivity contribution in [2.45, 2.75) is 12.9 Å². The monoisotopic (exact) mass is 498 g/mol. The molecule has 0 spiro atoms. The van der Waals surface area contributed by atoms with Gasteiger partial charge in [-0.1, -0.05) is 54.6 Å². The summed E-state index contributed by atoms with van der Waals surface area (Å²) in [6.45, 7) is 0.920. The van der Waals surface area contributed by atoms with Crippen molar-refractivity contribution in [1.82, 2.24) is 16.2 Å². The molecule has 0 bridgehead atoms. The molecule has 0 fully saturated rings. The van der Waals surface area contributed by atoms with E-state index in [0.717, 1.165) is 16.7 Å². The zero-order chi connectivity index (χ0) is 24.7. The van der Waals surface area contributed by atoms with Gasteiger partial charge < -0.3 is 10.1 Å². The summed E-state index contributed by atoms with van der Waals surface area (Å²) in [5.41, 5.74) is 9.43.